The number of nitrogens with zero attached hydrogens (tertiary/aromatic N) is 1. The number of ether oxygens (including phenoxy) is 2. The number of hydrazone groups is 1. The molecule has 0 aliphatic carbocycles. The van der Waals surface area contributed by atoms with Crippen LogP contribution in [0.2, 0.25) is 15.1 Å². The highest BCUT2D eigenvalue weighted by Crippen LogP contribution is 2.25. The average molecular weight is 492 g/mol. The first-order valence-electron chi connectivity index (χ1n) is 9.89. The summed E-state index contributed by atoms with van der Waals surface area (Å²) < 4.78 is 11.4. The van der Waals surface area contributed by atoms with Crippen LogP contribution >= 0.6 is 34.8 Å². The third-order valence-corrected chi connectivity index (χ3v) is 5.15. The van der Waals surface area contributed by atoms with Gasteiger partial charge < -0.3 is 9.47 Å². The van der Waals surface area contributed by atoms with E-state index in [1.54, 1.807) is 60.7 Å². The summed E-state index contributed by atoms with van der Waals surface area (Å²) in [5.74, 6) is 0.907. The summed E-state index contributed by atoms with van der Waals surface area (Å²) in [7, 11) is 0. The lowest BCUT2D eigenvalue weighted by Gasteiger charge is -2.11. The van der Waals surface area contributed by atoms with E-state index < -0.39 is 0 Å². The van der Waals surface area contributed by atoms with Gasteiger partial charge in [-0.3, -0.25) is 4.79 Å². The summed E-state index contributed by atoms with van der Waals surface area (Å²) in [6.07, 6.45) is 2.39. The molecule has 0 saturated carbocycles. The summed E-state index contributed by atoms with van der Waals surface area (Å²) in [5, 5.41) is 5.62. The molecule has 0 fully saturated rings. The molecule has 0 aliphatic rings. The van der Waals surface area contributed by atoms with E-state index in [1.165, 1.54) is 6.21 Å². The predicted molar refractivity (Wildman–Crippen MR) is 130 cm³/mol. The highest BCUT2D eigenvalue weighted by atomic mass is 35.5. The molecule has 0 aromatic heterocycles. The fraction of sp³-hybridized carbons (Fsp3) is 0.167. The maximum Gasteiger partial charge on any atom is 0.271 e. The van der Waals surface area contributed by atoms with Gasteiger partial charge in [-0.2, -0.15) is 5.10 Å². The molecule has 0 unspecified atom stereocenters. The molecule has 166 valence electrons. The number of nitrogens with one attached hydrogen (secondary N) is 1. The van der Waals surface area contributed by atoms with E-state index in [2.05, 4.69) is 10.5 Å². The predicted octanol–water partition coefficient (Wildman–Crippen LogP) is 6.78. The molecule has 0 atom stereocenters. The minimum absolute atomic E-state index is 0.233. The maximum absolute atomic E-state index is 12.3. The van der Waals surface area contributed by atoms with Crippen molar-refractivity contribution in [3.63, 3.8) is 0 Å². The molecule has 32 heavy (non-hydrogen) atoms. The summed E-state index contributed by atoms with van der Waals surface area (Å²) in [6.45, 7) is 2.89. The van der Waals surface area contributed by atoms with Gasteiger partial charge in [0.05, 0.1) is 12.8 Å². The zero-order chi connectivity index (χ0) is 22.9. The largest absolute Gasteiger partial charge is 0.494 e. The molecule has 0 radical (unpaired) electrons. The fourth-order valence-electron chi connectivity index (χ4n) is 2.69. The van der Waals surface area contributed by atoms with E-state index in [0.717, 1.165) is 12.0 Å². The van der Waals surface area contributed by atoms with Gasteiger partial charge in [0.1, 0.15) is 18.1 Å². The van der Waals surface area contributed by atoms with Crippen LogP contribution in [0, 0.1) is 0 Å². The van der Waals surface area contributed by atoms with Crippen LogP contribution in [0.1, 0.15) is 34.8 Å². The van der Waals surface area contributed by atoms with E-state index in [9.17, 15) is 4.79 Å². The number of benzene rings is 3. The number of rotatable bonds is 9. The second-order valence-electron chi connectivity index (χ2n) is 6.78. The van der Waals surface area contributed by atoms with Crippen molar-refractivity contribution in [2.24, 2.45) is 5.10 Å². The molecule has 5 nitrogen and oxygen atoms in total. The molecule has 1 N–H and O–H groups in total. The normalized spacial score (nSPS) is 10.9. The van der Waals surface area contributed by atoms with Gasteiger partial charge >= 0.3 is 0 Å². The van der Waals surface area contributed by atoms with Crippen molar-refractivity contribution in [2.75, 3.05) is 6.61 Å². The van der Waals surface area contributed by atoms with Crippen LogP contribution < -0.4 is 14.9 Å². The fourth-order valence-corrected chi connectivity index (χ4v) is 3.34. The Labute approximate surface area is 201 Å². The first-order chi connectivity index (χ1) is 15.5. The Bertz CT molecular complexity index is 1100. The summed E-state index contributed by atoms with van der Waals surface area (Å²) in [4.78, 5) is 12.3. The molecule has 1 amide bonds. The molecular formula is C24H21Cl3N2O3. The van der Waals surface area contributed by atoms with E-state index in [1.807, 2.05) is 6.92 Å². The maximum atomic E-state index is 12.3. The zero-order valence-corrected chi connectivity index (χ0v) is 19.5. The minimum atomic E-state index is -0.347. The lowest BCUT2D eigenvalue weighted by molar-refractivity contribution is 0.0955. The lowest BCUT2D eigenvalue weighted by Crippen LogP contribution is -2.17. The Morgan fingerprint density at radius 3 is 2.41 bits per heavy atom. The van der Waals surface area contributed by atoms with Crippen molar-refractivity contribution in [1.29, 1.82) is 0 Å². The lowest BCUT2D eigenvalue weighted by atomic mass is 10.2. The monoisotopic (exact) mass is 490 g/mol. The van der Waals surface area contributed by atoms with Gasteiger partial charge in [-0.05, 0) is 61.0 Å². The zero-order valence-electron chi connectivity index (χ0n) is 17.3. The molecule has 3 rings (SSSR count). The molecule has 0 bridgehead atoms. The van der Waals surface area contributed by atoms with E-state index in [-0.39, 0.29) is 12.5 Å². The number of carbonyl (C=O) groups excluding carboxylic acids is 1. The van der Waals surface area contributed by atoms with Crippen LogP contribution in [-0.4, -0.2) is 18.7 Å². The Kier molecular flexibility index (Phi) is 8.80. The molecule has 8 heteroatoms. The van der Waals surface area contributed by atoms with Crippen LogP contribution in [0.15, 0.2) is 65.8 Å². The third kappa shape index (κ3) is 6.89. The van der Waals surface area contributed by atoms with Crippen LogP contribution in [0.4, 0.5) is 0 Å². The number of hydrogen-bond acceptors (Lipinski definition) is 4. The van der Waals surface area contributed by atoms with Gasteiger partial charge in [0.2, 0.25) is 0 Å². The standard InChI is InChI=1S/C24H21Cl3N2O3/c1-2-11-31-21-8-4-16(5-9-21)24(30)29-28-14-18-12-19(25)7-10-23(18)32-15-17-3-6-20(26)13-22(17)27/h3-10,12-14H,2,11,15H2,1H3,(H,29,30)/b28-14+. The Hall–Kier alpha value is -2.73. The van der Waals surface area contributed by atoms with Crippen LogP contribution in [-0.2, 0) is 6.61 Å². The first kappa shape index (κ1) is 23.9. The molecule has 3 aromatic rings. The van der Waals surface area contributed by atoms with E-state index in [0.29, 0.717) is 44.3 Å². The molecule has 0 saturated heterocycles. The van der Waals surface area contributed by atoms with Gasteiger partial charge in [0, 0.05) is 31.8 Å². The number of halogens is 3. The second-order valence-corrected chi connectivity index (χ2v) is 8.06. The quantitative estimate of drug-likeness (QED) is 0.265. The first-order valence-corrected chi connectivity index (χ1v) is 11.0. The highest BCUT2D eigenvalue weighted by molar-refractivity contribution is 6.35. The Morgan fingerprint density at radius 1 is 0.969 bits per heavy atom. The van der Waals surface area contributed by atoms with Gasteiger partial charge in [0.15, 0.2) is 0 Å². The summed E-state index contributed by atoms with van der Waals surface area (Å²) in [5.41, 5.74) is 4.35. The Morgan fingerprint density at radius 2 is 1.69 bits per heavy atom. The molecule has 0 heterocycles. The molecular weight excluding hydrogens is 471 g/mol. The number of amides is 1. The topological polar surface area (TPSA) is 59.9 Å². The van der Waals surface area contributed by atoms with Gasteiger partial charge in [0.25, 0.3) is 5.91 Å². The van der Waals surface area contributed by atoms with Crippen molar-refractivity contribution >= 4 is 46.9 Å². The number of carbonyl (C=O) groups is 1. The van der Waals surface area contributed by atoms with Crippen LogP contribution in [0.3, 0.4) is 0 Å². The number of hydrogen-bond donors (Lipinski definition) is 1. The molecule has 3 aromatic carbocycles. The smallest absolute Gasteiger partial charge is 0.271 e. The van der Waals surface area contributed by atoms with Gasteiger partial charge in [-0.1, -0.05) is 47.8 Å². The summed E-state index contributed by atoms with van der Waals surface area (Å²) in [6, 6.07) is 17.2. The Balaban J connectivity index is 1.64. The second kappa shape index (κ2) is 11.8. The van der Waals surface area contributed by atoms with E-state index in [4.69, 9.17) is 44.3 Å². The van der Waals surface area contributed by atoms with Crippen molar-refractivity contribution < 1.29 is 14.3 Å². The van der Waals surface area contributed by atoms with Crippen molar-refractivity contribution in [3.05, 3.63) is 92.4 Å². The van der Waals surface area contributed by atoms with E-state index >= 15 is 0 Å². The van der Waals surface area contributed by atoms with Crippen LogP contribution in [0.25, 0.3) is 0 Å². The highest BCUT2D eigenvalue weighted by Gasteiger charge is 2.08. The average Bonchev–Trinajstić information content (AvgIpc) is 2.78. The van der Waals surface area contributed by atoms with Crippen molar-refractivity contribution in [2.45, 2.75) is 20.0 Å². The third-order valence-electron chi connectivity index (χ3n) is 4.33. The van der Waals surface area contributed by atoms with Crippen LogP contribution in [0.5, 0.6) is 11.5 Å². The molecule has 0 aliphatic heterocycles. The van der Waals surface area contributed by atoms with Gasteiger partial charge in [-0.15, -0.1) is 0 Å². The van der Waals surface area contributed by atoms with Gasteiger partial charge in [-0.25, -0.2) is 5.43 Å². The minimum Gasteiger partial charge on any atom is -0.494 e. The van der Waals surface area contributed by atoms with Crippen molar-refractivity contribution in [1.82, 2.24) is 5.43 Å². The van der Waals surface area contributed by atoms with Crippen molar-refractivity contribution in [3.8, 4) is 11.5 Å². The molecule has 0 spiro atoms. The summed E-state index contributed by atoms with van der Waals surface area (Å²) >= 11 is 18.3. The SMILES string of the molecule is CCCOc1ccc(C(=O)N/N=C/c2cc(Cl)ccc2OCc2ccc(Cl)cc2Cl)cc1.